The molecule has 9 heteroatoms. The molecule has 0 unspecified atom stereocenters. The van der Waals surface area contributed by atoms with Crippen molar-refractivity contribution in [3.8, 4) is 6.07 Å². The quantitative estimate of drug-likeness (QED) is 0.907. The highest BCUT2D eigenvalue weighted by atomic mass is 35.5. The van der Waals surface area contributed by atoms with E-state index in [0.717, 1.165) is 18.2 Å². The van der Waals surface area contributed by atoms with Crippen molar-refractivity contribution in [3.05, 3.63) is 40.3 Å². The van der Waals surface area contributed by atoms with Gasteiger partial charge in [-0.2, -0.15) is 10.4 Å². The van der Waals surface area contributed by atoms with Gasteiger partial charge in [0.05, 0.1) is 15.6 Å². The van der Waals surface area contributed by atoms with Crippen molar-refractivity contribution in [1.82, 2.24) is 10.2 Å². The van der Waals surface area contributed by atoms with Crippen LogP contribution in [0.2, 0.25) is 5.02 Å². The van der Waals surface area contributed by atoms with Crippen molar-refractivity contribution in [2.24, 2.45) is 0 Å². The molecule has 6 nitrogen and oxygen atoms in total. The van der Waals surface area contributed by atoms with E-state index in [9.17, 15) is 12.8 Å². The van der Waals surface area contributed by atoms with Gasteiger partial charge in [-0.15, -0.1) is 0 Å². The van der Waals surface area contributed by atoms with Crippen molar-refractivity contribution in [1.29, 1.82) is 5.26 Å². The Labute approximate surface area is 119 Å². The summed E-state index contributed by atoms with van der Waals surface area (Å²) >= 11 is 5.54. The number of H-pyrrole nitrogens is 1. The summed E-state index contributed by atoms with van der Waals surface area (Å²) in [6, 6.07) is 4.82. The van der Waals surface area contributed by atoms with Gasteiger partial charge in [-0.3, -0.25) is 9.82 Å². The van der Waals surface area contributed by atoms with Crippen LogP contribution in [-0.4, -0.2) is 18.6 Å². The second-order valence-corrected chi connectivity index (χ2v) is 5.96. The maximum atomic E-state index is 13.0. The van der Waals surface area contributed by atoms with Crippen molar-refractivity contribution in [2.45, 2.75) is 11.8 Å². The molecule has 0 atom stereocenters. The molecule has 104 valence electrons. The molecule has 0 radical (unpaired) electrons. The fraction of sp³-hybridized carbons (Fsp3) is 0.0909. The van der Waals surface area contributed by atoms with Gasteiger partial charge in [0, 0.05) is 0 Å². The molecule has 0 spiro atoms. The zero-order valence-electron chi connectivity index (χ0n) is 10.1. The van der Waals surface area contributed by atoms with Gasteiger partial charge in [-0.1, -0.05) is 11.6 Å². The highest BCUT2D eigenvalue weighted by Gasteiger charge is 2.20. The van der Waals surface area contributed by atoms with Crippen LogP contribution in [0.4, 0.5) is 10.2 Å². The van der Waals surface area contributed by atoms with Crippen LogP contribution in [0.5, 0.6) is 0 Å². The van der Waals surface area contributed by atoms with E-state index in [1.54, 1.807) is 6.92 Å². The molecular formula is C11H8ClFN4O2S. The highest BCUT2D eigenvalue weighted by molar-refractivity contribution is 7.92. The molecule has 0 saturated carbocycles. The predicted octanol–water partition coefficient (Wildman–Crippen LogP) is 2.18. The molecule has 0 fully saturated rings. The summed E-state index contributed by atoms with van der Waals surface area (Å²) in [5.41, 5.74) is 0.518. The van der Waals surface area contributed by atoms with Crippen LogP contribution in [-0.2, 0) is 10.0 Å². The summed E-state index contributed by atoms with van der Waals surface area (Å²) in [5, 5.41) is 14.8. The van der Waals surface area contributed by atoms with Gasteiger partial charge in [0.1, 0.15) is 17.4 Å². The Morgan fingerprint density at radius 1 is 1.50 bits per heavy atom. The number of hydrogen-bond donors (Lipinski definition) is 2. The highest BCUT2D eigenvalue weighted by Crippen LogP contribution is 2.23. The molecule has 20 heavy (non-hydrogen) atoms. The first kappa shape index (κ1) is 14.3. The number of aryl methyl sites for hydroxylation is 1. The van der Waals surface area contributed by atoms with Gasteiger partial charge in [-0.25, -0.2) is 12.8 Å². The Morgan fingerprint density at radius 3 is 2.80 bits per heavy atom. The normalized spacial score (nSPS) is 11.1. The lowest BCUT2D eigenvalue weighted by Crippen LogP contribution is -2.14. The topological polar surface area (TPSA) is 98.6 Å². The third kappa shape index (κ3) is 2.59. The van der Waals surface area contributed by atoms with E-state index in [2.05, 4.69) is 14.9 Å². The van der Waals surface area contributed by atoms with Crippen LogP contribution >= 0.6 is 11.6 Å². The van der Waals surface area contributed by atoms with Crippen LogP contribution in [0.25, 0.3) is 0 Å². The number of nitriles is 1. The number of anilines is 1. The lowest BCUT2D eigenvalue weighted by molar-refractivity contribution is 0.599. The molecule has 0 aliphatic heterocycles. The van der Waals surface area contributed by atoms with E-state index >= 15 is 0 Å². The number of aromatic nitrogens is 2. The Balaban J connectivity index is 2.41. The summed E-state index contributed by atoms with van der Waals surface area (Å²) in [6.45, 7) is 1.58. The zero-order valence-corrected chi connectivity index (χ0v) is 11.7. The molecule has 0 aliphatic rings. The molecule has 1 heterocycles. The number of halogens is 2. The van der Waals surface area contributed by atoms with Crippen LogP contribution in [0.1, 0.15) is 11.3 Å². The fourth-order valence-corrected chi connectivity index (χ4v) is 2.76. The van der Waals surface area contributed by atoms with Crippen molar-refractivity contribution >= 4 is 27.4 Å². The summed E-state index contributed by atoms with van der Waals surface area (Å²) < 4.78 is 39.4. The van der Waals surface area contributed by atoms with Crippen LogP contribution in [0.15, 0.2) is 23.1 Å². The molecule has 0 bridgehead atoms. The number of nitrogens with one attached hydrogen (secondary N) is 2. The van der Waals surface area contributed by atoms with Crippen LogP contribution in [0.3, 0.4) is 0 Å². The minimum Gasteiger partial charge on any atom is -0.279 e. The van der Waals surface area contributed by atoms with Gasteiger partial charge in [0.25, 0.3) is 10.0 Å². The van der Waals surface area contributed by atoms with Crippen molar-refractivity contribution in [3.63, 3.8) is 0 Å². The van der Waals surface area contributed by atoms with E-state index in [1.165, 1.54) is 0 Å². The summed E-state index contributed by atoms with van der Waals surface area (Å²) in [7, 11) is -4.01. The summed E-state index contributed by atoms with van der Waals surface area (Å²) in [4.78, 5) is -0.228. The van der Waals surface area contributed by atoms with E-state index in [-0.39, 0.29) is 21.3 Å². The zero-order chi connectivity index (χ0) is 14.9. The predicted molar refractivity (Wildman–Crippen MR) is 70.3 cm³/mol. The number of nitrogens with zero attached hydrogens (tertiary/aromatic N) is 2. The van der Waals surface area contributed by atoms with Crippen molar-refractivity contribution in [2.75, 3.05) is 4.72 Å². The summed E-state index contributed by atoms with van der Waals surface area (Å²) in [6.07, 6.45) is 0. The maximum Gasteiger partial charge on any atom is 0.263 e. The largest absolute Gasteiger partial charge is 0.279 e. The first-order valence-corrected chi connectivity index (χ1v) is 7.14. The fourth-order valence-electron chi connectivity index (χ4n) is 1.47. The SMILES string of the molecule is Cc1[nH]nc(NS(=O)(=O)c2ccc(F)c(Cl)c2)c1C#N. The molecular weight excluding hydrogens is 307 g/mol. The molecule has 1 aromatic heterocycles. The Hall–Kier alpha value is -2.11. The molecule has 2 rings (SSSR count). The number of benzene rings is 1. The van der Waals surface area contributed by atoms with E-state index in [1.807, 2.05) is 6.07 Å². The second kappa shape index (κ2) is 5.11. The third-order valence-corrected chi connectivity index (χ3v) is 4.12. The third-order valence-electron chi connectivity index (χ3n) is 2.49. The van der Waals surface area contributed by atoms with E-state index < -0.39 is 15.8 Å². The Morgan fingerprint density at radius 2 is 2.20 bits per heavy atom. The average molecular weight is 315 g/mol. The van der Waals surface area contributed by atoms with Crippen molar-refractivity contribution < 1.29 is 12.8 Å². The van der Waals surface area contributed by atoms with Gasteiger partial charge < -0.3 is 0 Å². The monoisotopic (exact) mass is 314 g/mol. The second-order valence-electron chi connectivity index (χ2n) is 3.87. The van der Waals surface area contributed by atoms with E-state index in [0.29, 0.717) is 5.69 Å². The maximum absolute atomic E-state index is 13.0. The first-order chi connectivity index (χ1) is 9.35. The van der Waals surface area contributed by atoms with Gasteiger partial charge in [0.2, 0.25) is 0 Å². The van der Waals surface area contributed by atoms with Gasteiger partial charge >= 0.3 is 0 Å². The molecule has 0 aliphatic carbocycles. The minimum atomic E-state index is -4.01. The lowest BCUT2D eigenvalue weighted by atomic mass is 10.3. The number of sulfonamides is 1. The smallest absolute Gasteiger partial charge is 0.263 e. The minimum absolute atomic E-state index is 0.0850. The molecule has 2 aromatic rings. The van der Waals surface area contributed by atoms with E-state index in [4.69, 9.17) is 16.9 Å². The molecule has 0 amide bonds. The lowest BCUT2D eigenvalue weighted by Gasteiger charge is -2.06. The van der Waals surface area contributed by atoms with Gasteiger partial charge in [0.15, 0.2) is 5.82 Å². The number of aromatic amines is 1. The molecule has 1 aromatic carbocycles. The Bertz CT molecular complexity index is 810. The number of rotatable bonds is 3. The molecule has 0 saturated heterocycles. The average Bonchev–Trinajstić information content (AvgIpc) is 2.72. The first-order valence-electron chi connectivity index (χ1n) is 5.28. The number of hydrogen-bond acceptors (Lipinski definition) is 4. The van der Waals surface area contributed by atoms with Crippen LogP contribution in [0, 0.1) is 24.1 Å². The van der Waals surface area contributed by atoms with Gasteiger partial charge in [-0.05, 0) is 25.1 Å². The standard InChI is InChI=1S/C11H8ClFN4O2S/c1-6-8(5-14)11(16-15-6)17-20(18,19)7-2-3-10(13)9(12)4-7/h2-4H,1H3,(H2,15,16,17). The summed E-state index contributed by atoms with van der Waals surface area (Å²) in [5.74, 6) is -0.843. The Kier molecular flexibility index (Phi) is 3.65. The molecule has 2 N–H and O–H groups in total. The van der Waals surface area contributed by atoms with Crippen LogP contribution < -0.4 is 4.72 Å².